The molecule has 0 spiro atoms. The van der Waals surface area contributed by atoms with Crippen molar-refractivity contribution in [2.45, 2.75) is 58.2 Å². The Kier molecular flexibility index (Phi) is 8.21. The molecule has 2 fully saturated rings. The summed E-state index contributed by atoms with van der Waals surface area (Å²) in [6.45, 7) is 7.17. The molecular weight excluding hydrogens is 527 g/mol. The van der Waals surface area contributed by atoms with Gasteiger partial charge >= 0.3 is 0 Å². The van der Waals surface area contributed by atoms with Crippen LogP contribution in [0.15, 0.2) is 73.1 Å². The largest absolute Gasteiger partial charge is 0.383 e. The smallest absolute Gasteiger partial charge is 0.165 e. The number of imidazole rings is 1. The molecule has 1 aromatic carbocycles. The van der Waals surface area contributed by atoms with Crippen molar-refractivity contribution >= 4 is 17.0 Å². The minimum absolute atomic E-state index is 0.386. The summed E-state index contributed by atoms with van der Waals surface area (Å²) in [7, 11) is 0. The van der Waals surface area contributed by atoms with Crippen LogP contribution in [0.1, 0.15) is 45.1 Å². The highest BCUT2D eigenvalue weighted by Crippen LogP contribution is 2.32. The zero-order valence-corrected chi connectivity index (χ0v) is 24.2. The number of piperidine rings is 1. The lowest BCUT2D eigenvalue weighted by Crippen LogP contribution is -2.42. The molecule has 5 aromatic rings. The van der Waals surface area contributed by atoms with Crippen molar-refractivity contribution < 1.29 is 4.39 Å². The molecular formula is C33H37FN8. The van der Waals surface area contributed by atoms with E-state index >= 15 is 0 Å². The third-order valence-corrected chi connectivity index (χ3v) is 7.81. The molecule has 0 bridgehead atoms. The lowest BCUT2D eigenvalue weighted by molar-refractivity contribution is 0.190. The molecule has 216 valence electrons. The van der Waals surface area contributed by atoms with Crippen molar-refractivity contribution in [2.75, 3.05) is 18.8 Å². The summed E-state index contributed by atoms with van der Waals surface area (Å²) in [5, 5.41) is 3.78. The molecule has 9 heteroatoms. The quantitative estimate of drug-likeness (QED) is 0.250. The van der Waals surface area contributed by atoms with Crippen LogP contribution in [-0.4, -0.2) is 54.6 Å². The standard InChI is InChI=1S/C31H31FN8.C2H6/c32-21-5-10-26(35-18-21)27-11-12-28-31(37-27)40(30(38-28)25-2-1-15-34-29(25)33)24-8-3-20(4-9-24)19-39-16-13-23(14-17-39)36-22-6-7-22;1-2/h1-5,8-12,15,18,22-23,36H,6-7,13-14,16-17,19H2,(H2,33,34);1-2H3. The van der Waals surface area contributed by atoms with E-state index in [4.69, 9.17) is 15.7 Å². The van der Waals surface area contributed by atoms with Crippen LogP contribution in [0.3, 0.4) is 0 Å². The van der Waals surface area contributed by atoms with Crippen LogP contribution < -0.4 is 11.1 Å². The van der Waals surface area contributed by atoms with Crippen LogP contribution in [0.25, 0.3) is 39.6 Å². The Morgan fingerprint density at radius 1 is 0.857 bits per heavy atom. The van der Waals surface area contributed by atoms with E-state index < -0.39 is 0 Å². The Morgan fingerprint density at radius 3 is 2.29 bits per heavy atom. The van der Waals surface area contributed by atoms with Gasteiger partial charge in [-0.2, -0.15) is 0 Å². The SMILES string of the molecule is CC.Nc1ncccc1-c1nc2ccc(-c3ccc(F)cn3)nc2n1-c1ccc(CN2CCC(NC3CC3)CC2)cc1. The van der Waals surface area contributed by atoms with Gasteiger partial charge in [-0.3, -0.25) is 14.5 Å². The number of nitrogens with one attached hydrogen (secondary N) is 1. The van der Waals surface area contributed by atoms with Crippen LogP contribution >= 0.6 is 0 Å². The van der Waals surface area contributed by atoms with E-state index in [2.05, 4.69) is 44.5 Å². The third-order valence-electron chi connectivity index (χ3n) is 7.81. The molecule has 3 N–H and O–H groups in total. The van der Waals surface area contributed by atoms with Gasteiger partial charge < -0.3 is 11.1 Å². The first-order chi connectivity index (χ1) is 20.6. The van der Waals surface area contributed by atoms with Crippen LogP contribution in [0.4, 0.5) is 10.2 Å². The Hall–Kier alpha value is -4.21. The number of aromatic nitrogens is 5. The van der Waals surface area contributed by atoms with Crippen molar-refractivity contribution in [3.8, 4) is 28.5 Å². The Bertz CT molecular complexity index is 1640. The van der Waals surface area contributed by atoms with E-state index in [1.807, 2.05) is 42.7 Å². The number of fused-ring (bicyclic) bond motifs is 1. The number of nitrogens with zero attached hydrogens (tertiary/aromatic N) is 6. The molecule has 8 nitrogen and oxygen atoms in total. The minimum Gasteiger partial charge on any atom is -0.383 e. The number of likely N-dealkylation sites (tertiary alicyclic amines) is 1. The molecule has 0 amide bonds. The number of anilines is 1. The number of rotatable bonds is 7. The summed E-state index contributed by atoms with van der Waals surface area (Å²) in [4.78, 5) is 20.9. The molecule has 2 aliphatic rings. The molecule has 7 rings (SSSR count). The summed E-state index contributed by atoms with van der Waals surface area (Å²) < 4.78 is 15.5. The van der Waals surface area contributed by atoms with Gasteiger partial charge in [0, 0.05) is 30.5 Å². The van der Waals surface area contributed by atoms with Gasteiger partial charge in [0.25, 0.3) is 0 Å². The molecule has 1 saturated heterocycles. The number of hydrogen-bond acceptors (Lipinski definition) is 7. The van der Waals surface area contributed by atoms with Gasteiger partial charge in [-0.25, -0.2) is 19.3 Å². The van der Waals surface area contributed by atoms with Gasteiger partial charge in [0.2, 0.25) is 0 Å². The van der Waals surface area contributed by atoms with Crippen LogP contribution in [-0.2, 0) is 6.54 Å². The van der Waals surface area contributed by atoms with E-state index in [0.29, 0.717) is 34.7 Å². The summed E-state index contributed by atoms with van der Waals surface area (Å²) in [6.07, 6.45) is 7.97. The van der Waals surface area contributed by atoms with Gasteiger partial charge in [0.15, 0.2) is 11.5 Å². The van der Waals surface area contributed by atoms with E-state index in [1.54, 1.807) is 12.3 Å². The van der Waals surface area contributed by atoms with Gasteiger partial charge in [0.1, 0.15) is 17.2 Å². The minimum atomic E-state index is -0.386. The predicted octanol–water partition coefficient (Wildman–Crippen LogP) is 6.01. The third kappa shape index (κ3) is 6.03. The monoisotopic (exact) mass is 564 g/mol. The van der Waals surface area contributed by atoms with Gasteiger partial charge in [-0.05, 0) is 92.9 Å². The average Bonchev–Trinajstić information content (AvgIpc) is 3.77. The van der Waals surface area contributed by atoms with Crippen molar-refractivity contribution in [1.82, 2.24) is 34.7 Å². The maximum Gasteiger partial charge on any atom is 0.165 e. The molecule has 4 aromatic heterocycles. The summed E-state index contributed by atoms with van der Waals surface area (Å²) in [5.41, 5.74) is 11.8. The van der Waals surface area contributed by atoms with Crippen LogP contribution in [0.5, 0.6) is 0 Å². The van der Waals surface area contributed by atoms with Crippen molar-refractivity contribution in [1.29, 1.82) is 0 Å². The van der Waals surface area contributed by atoms with Crippen molar-refractivity contribution in [2.24, 2.45) is 0 Å². The zero-order chi connectivity index (χ0) is 29.1. The molecule has 1 saturated carbocycles. The Morgan fingerprint density at radius 2 is 1.60 bits per heavy atom. The van der Waals surface area contributed by atoms with Crippen molar-refractivity contribution in [3.05, 3.63) is 84.4 Å². The molecule has 1 aliphatic carbocycles. The average molecular weight is 565 g/mol. The van der Waals surface area contributed by atoms with Gasteiger partial charge in [-0.1, -0.05) is 26.0 Å². The highest BCUT2D eigenvalue weighted by Gasteiger charge is 2.27. The topological polar surface area (TPSA) is 97.8 Å². The first-order valence-corrected chi connectivity index (χ1v) is 14.9. The fourth-order valence-corrected chi connectivity index (χ4v) is 5.51. The normalized spacial score (nSPS) is 15.9. The molecule has 0 unspecified atom stereocenters. The van der Waals surface area contributed by atoms with E-state index in [-0.39, 0.29) is 5.82 Å². The number of halogens is 1. The van der Waals surface area contributed by atoms with Crippen LogP contribution in [0, 0.1) is 5.82 Å². The molecule has 5 heterocycles. The van der Waals surface area contributed by atoms with E-state index in [9.17, 15) is 4.39 Å². The molecule has 42 heavy (non-hydrogen) atoms. The Balaban J connectivity index is 0.00000155. The second-order valence-corrected chi connectivity index (χ2v) is 10.8. The number of hydrogen-bond donors (Lipinski definition) is 2. The highest BCUT2D eigenvalue weighted by molar-refractivity contribution is 5.84. The maximum absolute atomic E-state index is 13.5. The highest BCUT2D eigenvalue weighted by atomic mass is 19.1. The molecule has 1 aliphatic heterocycles. The summed E-state index contributed by atoms with van der Waals surface area (Å²) in [5.74, 6) is 0.676. The van der Waals surface area contributed by atoms with E-state index in [0.717, 1.165) is 42.4 Å². The lowest BCUT2D eigenvalue weighted by Gasteiger charge is -2.32. The predicted molar refractivity (Wildman–Crippen MR) is 166 cm³/mol. The maximum atomic E-state index is 13.5. The molecule has 0 radical (unpaired) electrons. The first kappa shape index (κ1) is 27.9. The van der Waals surface area contributed by atoms with Crippen LogP contribution in [0.2, 0.25) is 0 Å². The zero-order valence-electron chi connectivity index (χ0n) is 24.2. The van der Waals surface area contributed by atoms with Gasteiger partial charge in [-0.15, -0.1) is 0 Å². The number of nitrogen functional groups attached to an aromatic ring is 1. The fourth-order valence-electron chi connectivity index (χ4n) is 5.51. The summed E-state index contributed by atoms with van der Waals surface area (Å²) >= 11 is 0. The second-order valence-electron chi connectivity index (χ2n) is 10.8. The lowest BCUT2D eigenvalue weighted by atomic mass is 10.0. The van der Waals surface area contributed by atoms with Crippen molar-refractivity contribution in [3.63, 3.8) is 0 Å². The fraction of sp³-hybridized carbons (Fsp3) is 0.333. The summed E-state index contributed by atoms with van der Waals surface area (Å²) in [6, 6.07) is 20.6. The van der Waals surface area contributed by atoms with E-state index in [1.165, 1.54) is 43.5 Å². The first-order valence-electron chi connectivity index (χ1n) is 14.9. The number of pyridine rings is 3. The number of nitrogens with two attached hydrogens (primary N) is 1. The molecule has 0 atom stereocenters. The number of benzene rings is 1. The second kappa shape index (κ2) is 12.3. The Labute approximate surface area is 245 Å². The van der Waals surface area contributed by atoms with Gasteiger partial charge in [0.05, 0.1) is 23.1 Å².